The molecule has 1 fully saturated rings. The fourth-order valence-corrected chi connectivity index (χ4v) is 4.36. The number of methoxy groups -OCH3 is 1. The summed E-state index contributed by atoms with van der Waals surface area (Å²) in [5.41, 5.74) is 4.47. The van der Waals surface area contributed by atoms with Crippen LogP contribution < -0.4 is 10.6 Å². The second kappa shape index (κ2) is 10.0. The standard InChI is InChI=1S/C24H26N2O7/c1-31-20(22(27)26-19-10-11-32-21(19)23(28)29)12-25-24(30)33-13-18-16-8-4-2-6-14(16)15-7-3-5-9-17(15)18/h2-9,18-21H,10-13H2,1H3,(H,25,30)(H,26,27)(H,28,29)/t19-,20?,21+/m1/s1. The third-order valence-electron chi connectivity index (χ3n) is 6.02. The Kier molecular flexibility index (Phi) is 6.90. The van der Waals surface area contributed by atoms with Crippen molar-refractivity contribution < 1.29 is 33.7 Å². The Morgan fingerprint density at radius 2 is 1.73 bits per heavy atom. The Morgan fingerprint density at radius 3 is 2.33 bits per heavy atom. The lowest BCUT2D eigenvalue weighted by Gasteiger charge is -2.21. The SMILES string of the molecule is COC(CNC(=O)OCC1c2ccccc2-c2ccccc21)C(=O)N[C@@H]1CCO[C@@H]1C(=O)O. The van der Waals surface area contributed by atoms with Crippen molar-refractivity contribution in [3.8, 4) is 11.1 Å². The van der Waals surface area contributed by atoms with Gasteiger partial charge in [0.15, 0.2) is 12.2 Å². The highest BCUT2D eigenvalue weighted by atomic mass is 16.5. The number of nitrogens with one attached hydrogen (secondary N) is 2. The first-order valence-corrected chi connectivity index (χ1v) is 10.8. The highest BCUT2D eigenvalue weighted by molar-refractivity contribution is 5.83. The van der Waals surface area contributed by atoms with Crippen molar-refractivity contribution in [1.82, 2.24) is 10.6 Å². The molecule has 1 aliphatic carbocycles. The number of carboxylic acids is 1. The van der Waals surface area contributed by atoms with E-state index < -0.39 is 36.2 Å². The summed E-state index contributed by atoms with van der Waals surface area (Å²) in [6.07, 6.45) is -2.37. The number of rotatable bonds is 8. The van der Waals surface area contributed by atoms with Crippen LogP contribution >= 0.6 is 0 Å². The van der Waals surface area contributed by atoms with Crippen LogP contribution in [-0.4, -0.2) is 68.2 Å². The van der Waals surface area contributed by atoms with Gasteiger partial charge in [-0.2, -0.15) is 0 Å². The van der Waals surface area contributed by atoms with Gasteiger partial charge in [-0.25, -0.2) is 9.59 Å². The van der Waals surface area contributed by atoms with E-state index in [1.54, 1.807) is 0 Å². The van der Waals surface area contributed by atoms with Crippen molar-refractivity contribution in [1.29, 1.82) is 0 Å². The van der Waals surface area contributed by atoms with Gasteiger partial charge >= 0.3 is 12.1 Å². The van der Waals surface area contributed by atoms with Gasteiger partial charge in [-0.1, -0.05) is 48.5 Å². The topological polar surface area (TPSA) is 123 Å². The second-order valence-corrected chi connectivity index (χ2v) is 7.96. The summed E-state index contributed by atoms with van der Waals surface area (Å²) >= 11 is 0. The normalized spacial score (nSPS) is 19.9. The van der Waals surface area contributed by atoms with Crippen LogP contribution in [0, 0.1) is 0 Å². The highest BCUT2D eigenvalue weighted by Gasteiger charge is 2.36. The molecule has 1 unspecified atom stereocenters. The molecule has 33 heavy (non-hydrogen) atoms. The number of aliphatic carboxylic acids is 1. The highest BCUT2D eigenvalue weighted by Crippen LogP contribution is 2.44. The van der Waals surface area contributed by atoms with Crippen LogP contribution in [0.3, 0.4) is 0 Å². The van der Waals surface area contributed by atoms with Gasteiger partial charge in [-0.3, -0.25) is 4.79 Å². The molecular formula is C24H26N2O7. The number of benzene rings is 2. The third kappa shape index (κ3) is 4.84. The molecular weight excluding hydrogens is 428 g/mol. The Hall–Kier alpha value is -3.43. The summed E-state index contributed by atoms with van der Waals surface area (Å²) in [7, 11) is 1.34. The van der Waals surface area contributed by atoms with Gasteiger partial charge in [0, 0.05) is 19.6 Å². The van der Waals surface area contributed by atoms with Crippen LogP contribution in [0.5, 0.6) is 0 Å². The minimum absolute atomic E-state index is 0.0695. The van der Waals surface area contributed by atoms with E-state index in [0.29, 0.717) is 6.42 Å². The van der Waals surface area contributed by atoms with Gasteiger partial charge in [-0.15, -0.1) is 0 Å². The van der Waals surface area contributed by atoms with E-state index in [1.807, 2.05) is 36.4 Å². The molecule has 3 N–H and O–H groups in total. The summed E-state index contributed by atoms with van der Waals surface area (Å²) in [5.74, 6) is -1.73. The number of carbonyl (C=O) groups excluding carboxylic acids is 2. The van der Waals surface area contributed by atoms with E-state index >= 15 is 0 Å². The maximum absolute atomic E-state index is 12.5. The molecule has 2 aromatic rings. The van der Waals surface area contributed by atoms with Crippen LogP contribution in [0.15, 0.2) is 48.5 Å². The van der Waals surface area contributed by atoms with E-state index in [2.05, 4.69) is 22.8 Å². The molecule has 2 amide bonds. The van der Waals surface area contributed by atoms with E-state index in [0.717, 1.165) is 22.3 Å². The monoisotopic (exact) mass is 454 g/mol. The molecule has 0 saturated carbocycles. The summed E-state index contributed by atoms with van der Waals surface area (Å²) in [6.45, 7) is 0.283. The van der Waals surface area contributed by atoms with Gasteiger partial charge in [0.25, 0.3) is 5.91 Å². The number of carboxylic acid groups (broad SMARTS) is 1. The van der Waals surface area contributed by atoms with Crippen molar-refractivity contribution in [3.05, 3.63) is 59.7 Å². The Balaban J connectivity index is 1.30. The van der Waals surface area contributed by atoms with Crippen molar-refractivity contribution in [2.75, 3.05) is 26.9 Å². The van der Waals surface area contributed by atoms with Crippen LogP contribution in [0.2, 0.25) is 0 Å². The van der Waals surface area contributed by atoms with E-state index in [-0.39, 0.29) is 25.7 Å². The average Bonchev–Trinajstić information content (AvgIpc) is 3.41. The third-order valence-corrected chi connectivity index (χ3v) is 6.02. The number of hydrogen-bond donors (Lipinski definition) is 3. The number of carbonyl (C=O) groups is 3. The average molecular weight is 454 g/mol. The van der Waals surface area contributed by atoms with E-state index in [4.69, 9.17) is 19.3 Å². The lowest BCUT2D eigenvalue weighted by Crippen LogP contribution is -2.50. The molecule has 1 saturated heterocycles. The molecule has 0 bridgehead atoms. The first-order chi connectivity index (χ1) is 16.0. The molecule has 174 valence electrons. The lowest BCUT2D eigenvalue weighted by molar-refractivity contribution is -0.148. The predicted octanol–water partition coefficient (Wildman–Crippen LogP) is 1.90. The molecule has 4 rings (SSSR count). The van der Waals surface area contributed by atoms with Crippen molar-refractivity contribution in [2.24, 2.45) is 0 Å². The Morgan fingerprint density at radius 1 is 1.09 bits per heavy atom. The summed E-state index contributed by atoms with van der Waals surface area (Å²) < 4.78 is 15.8. The minimum Gasteiger partial charge on any atom is -0.479 e. The number of ether oxygens (including phenoxy) is 3. The maximum atomic E-state index is 12.5. The first-order valence-electron chi connectivity index (χ1n) is 10.8. The van der Waals surface area contributed by atoms with E-state index in [1.165, 1.54) is 7.11 Å². The number of alkyl carbamates (subject to hydrolysis) is 1. The van der Waals surface area contributed by atoms with Crippen LogP contribution in [-0.2, 0) is 23.8 Å². The fourth-order valence-electron chi connectivity index (χ4n) is 4.36. The molecule has 2 aromatic carbocycles. The van der Waals surface area contributed by atoms with Crippen molar-refractivity contribution in [3.63, 3.8) is 0 Å². The molecule has 0 aromatic heterocycles. The number of amides is 2. The number of hydrogen-bond acceptors (Lipinski definition) is 6. The fraction of sp³-hybridized carbons (Fsp3) is 0.375. The maximum Gasteiger partial charge on any atom is 0.407 e. The number of fused-ring (bicyclic) bond motifs is 3. The van der Waals surface area contributed by atoms with Gasteiger partial charge in [0.1, 0.15) is 6.61 Å². The van der Waals surface area contributed by atoms with Crippen LogP contribution in [0.4, 0.5) is 4.79 Å². The predicted molar refractivity (Wildman–Crippen MR) is 118 cm³/mol. The molecule has 9 heteroatoms. The summed E-state index contributed by atoms with van der Waals surface area (Å²) in [6, 6.07) is 15.4. The van der Waals surface area contributed by atoms with Gasteiger partial charge in [-0.05, 0) is 28.7 Å². The molecule has 0 radical (unpaired) electrons. The summed E-state index contributed by atoms with van der Waals surface area (Å²) in [4.78, 5) is 36.0. The quantitative estimate of drug-likeness (QED) is 0.557. The molecule has 0 spiro atoms. The summed E-state index contributed by atoms with van der Waals surface area (Å²) in [5, 5.41) is 14.3. The van der Waals surface area contributed by atoms with Crippen molar-refractivity contribution in [2.45, 2.75) is 30.6 Å². The van der Waals surface area contributed by atoms with Crippen molar-refractivity contribution >= 4 is 18.0 Å². The molecule has 2 aliphatic rings. The Bertz CT molecular complexity index is 995. The van der Waals surface area contributed by atoms with Gasteiger partial charge in [0.2, 0.25) is 0 Å². The zero-order valence-corrected chi connectivity index (χ0v) is 18.2. The van der Waals surface area contributed by atoms with Gasteiger partial charge in [0.05, 0.1) is 12.6 Å². The molecule has 9 nitrogen and oxygen atoms in total. The van der Waals surface area contributed by atoms with Crippen LogP contribution in [0.1, 0.15) is 23.5 Å². The largest absolute Gasteiger partial charge is 0.479 e. The smallest absolute Gasteiger partial charge is 0.407 e. The minimum atomic E-state index is -1.14. The lowest BCUT2D eigenvalue weighted by atomic mass is 9.98. The molecule has 1 aliphatic heterocycles. The molecule has 3 atom stereocenters. The van der Waals surface area contributed by atoms with Crippen LogP contribution in [0.25, 0.3) is 11.1 Å². The first kappa shape index (κ1) is 22.8. The van der Waals surface area contributed by atoms with Gasteiger partial charge < -0.3 is 30.0 Å². The molecule has 1 heterocycles. The second-order valence-electron chi connectivity index (χ2n) is 7.96. The zero-order valence-electron chi connectivity index (χ0n) is 18.2. The Labute approximate surface area is 191 Å². The zero-order chi connectivity index (χ0) is 23.4. The van der Waals surface area contributed by atoms with E-state index in [9.17, 15) is 14.4 Å².